The van der Waals surface area contributed by atoms with Gasteiger partial charge in [-0.25, -0.2) is 4.79 Å². The van der Waals surface area contributed by atoms with Crippen LogP contribution in [0.3, 0.4) is 0 Å². The molecule has 23 heavy (non-hydrogen) atoms. The highest BCUT2D eigenvalue weighted by Gasteiger charge is 2.13. The van der Waals surface area contributed by atoms with Crippen molar-refractivity contribution in [2.45, 2.75) is 0 Å². The first kappa shape index (κ1) is 18.1. The zero-order valence-electron chi connectivity index (χ0n) is 12.1. The maximum atomic E-state index is 12.2. The van der Waals surface area contributed by atoms with Crippen molar-refractivity contribution in [2.24, 2.45) is 0 Å². The summed E-state index contributed by atoms with van der Waals surface area (Å²) in [4.78, 5) is 12.2. The third kappa shape index (κ3) is 5.11. The van der Waals surface area contributed by atoms with Crippen molar-refractivity contribution in [2.75, 3.05) is 20.3 Å². The summed E-state index contributed by atoms with van der Waals surface area (Å²) in [6.07, 6.45) is 0. The van der Waals surface area contributed by atoms with Gasteiger partial charge in [0.05, 0.1) is 21.7 Å². The van der Waals surface area contributed by atoms with Gasteiger partial charge >= 0.3 is 5.97 Å². The van der Waals surface area contributed by atoms with Crippen LogP contribution in [-0.2, 0) is 4.74 Å². The third-order valence-corrected chi connectivity index (χ3v) is 3.96. The van der Waals surface area contributed by atoms with E-state index >= 15 is 0 Å². The van der Waals surface area contributed by atoms with Crippen LogP contribution in [0.15, 0.2) is 40.9 Å². The second-order valence-corrected chi connectivity index (χ2v) is 6.15. The smallest absolute Gasteiger partial charge is 0.343 e. The fraction of sp³-hybridized carbons (Fsp3) is 0.188. The van der Waals surface area contributed by atoms with Gasteiger partial charge in [-0.3, -0.25) is 0 Å². The molecule has 0 spiro atoms. The van der Waals surface area contributed by atoms with E-state index in [0.717, 1.165) is 0 Å². The first-order chi connectivity index (χ1) is 11.0. The number of methoxy groups -OCH3 is 1. The van der Waals surface area contributed by atoms with E-state index in [1.54, 1.807) is 37.4 Å². The molecular weight excluding hydrogens is 407 g/mol. The minimum Gasteiger partial charge on any atom is -0.490 e. The van der Waals surface area contributed by atoms with Gasteiger partial charge in [0.15, 0.2) is 0 Å². The lowest BCUT2D eigenvalue weighted by atomic mass is 10.2. The Balaban J connectivity index is 2.09. The fourth-order valence-corrected chi connectivity index (χ4v) is 2.64. The van der Waals surface area contributed by atoms with Gasteiger partial charge in [-0.2, -0.15) is 0 Å². The largest absolute Gasteiger partial charge is 0.490 e. The van der Waals surface area contributed by atoms with Gasteiger partial charge in [-0.1, -0.05) is 23.2 Å². The molecule has 7 heteroatoms. The van der Waals surface area contributed by atoms with Gasteiger partial charge in [0.25, 0.3) is 0 Å². The van der Waals surface area contributed by atoms with Crippen LogP contribution in [0.1, 0.15) is 10.4 Å². The maximum Gasteiger partial charge on any atom is 0.343 e. The molecule has 0 aliphatic rings. The van der Waals surface area contributed by atoms with E-state index in [-0.39, 0.29) is 10.8 Å². The molecule has 122 valence electrons. The Labute approximate surface area is 152 Å². The van der Waals surface area contributed by atoms with Crippen molar-refractivity contribution in [3.63, 3.8) is 0 Å². The highest BCUT2D eigenvalue weighted by Crippen LogP contribution is 2.30. The maximum absolute atomic E-state index is 12.2. The van der Waals surface area contributed by atoms with Crippen LogP contribution in [-0.4, -0.2) is 26.3 Å². The summed E-state index contributed by atoms with van der Waals surface area (Å²) in [5, 5.41) is 0.736. The topological polar surface area (TPSA) is 44.8 Å². The summed E-state index contributed by atoms with van der Waals surface area (Å²) >= 11 is 15.2. The number of hydrogen-bond acceptors (Lipinski definition) is 4. The Bertz CT molecular complexity index is 706. The van der Waals surface area contributed by atoms with Gasteiger partial charge in [0.2, 0.25) is 0 Å². The average Bonchev–Trinajstić information content (AvgIpc) is 2.51. The molecule has 0 aromatic heterocycles. The highest BCUT2D eigenvalue weighted by atomic mass is 79.9. The molecule has 0 unspecified atom stereocenters. The number of esters is 1. The molecule has 0 fully saturated rings. The number of ether oxygens (including phenoxy) is 3. The molecule has 2 aromatic rings. The van der Waals surface area contributed by atoms with E-state index in [4.69, 9.17) is 37.4 Å². The first-order valence-corrected chi connectivity index (χ1v) is 8.14. The second kappa shape index (κ2) is 8.55. The SMILES string of the molecule is COCCOc1ccc(C(=O)Oc2ccc(Cl)cc2Cl)cc1Br. The second-order valence-electron chi connectivity index (χ2n) is 4.45. The van der Waals surface area contributed by atoms with Crippen LogP contribution in [0.5, 0.6) is 11.5 Å². The molecule has 0 atom stereocenters. The van der Waals surface area contributed by atoms with Crippen LogP contribution in [0, 0.1) is 0 Å². The summed E-state index contributed by atoms with van der Waals surface area (Å²) in [6.45, 7) is 0.893. The van der Waals surface area contributed by atoms with Crippen LogP contribution in [0.25, 0.3) is 0 Å². The van der Waals surface area contributed by atoms with Crippen molar-refractivity contribution in [1.29, 1.82) is 0 Å². The Hall–Kier alpha value is -1.27. The predicted molar refractivity (Wildman–Crippen MR) is 92.9 cm³/mol. The lowest BCUT2D eigenvalue weighted by Crippen LogP contribution is -2.09. The number of rotatable bonds is 6. The summed E-state index contributed by atoms with van der Waals surface area (Å²) in [6, 6.07) is 9.56. The van der Waals surface area contributed by atoms with Crippen LogP contribution < -0.4 is 9.47 Å². The number of carbonyl (C=O) groups is 1. The van der Waals surface area contributed by atoms with Gasteiger partial charge in [-0.05, 0) is 52.3 Å². The number of halogens is 3. The lowest BCUT2D eigenvalue weighted by Gasteiger charge is -2.10. The molecule has 0 amide bonds. The van der Waals surface area contributed by atoms with Gasteiger partial charge < -0.3 is 14.2 Å². The van der Waals surface area contributed by atoms with Crippen molar-refractivity contribution in [3.8, 4) is 11.5 Å². The molecule has 2 rings (SSSR count). The first-order valence-electron chi connectivity index (χ1n) is 6.60. The average molecular weight is 420 g/mol. The number of hydrogen-bond donors (Lipinski definition) is 0. The Morgan fingerprint density at radius 3 is 2.48 bits per heavy atom. The third-order valence-electron chi connectivity index (χ3n) is 2.81. The van der Waals surface area contributed by atoms with E-state index < -0.39 is 5.97 Å². The highest BCUT2D eigenvalue weighted by molar-refractivity contribution is 9.10. The van der Waals surface area contributed by atoms with E-state index in [9.17, 15) is 4.79 Å². The van der Waals surface area contributed by atoms with E-state index in [0.29, 0.717) is 34.0 Å². The summed E-state index contributed by atoms with van der Waals surface area (Å²) in [5.41, 5.74) is 0.363. The van der Waals surface area contributed by atoms with Crippen molar-refractivity contribution in [1.82, 2.24) is 0 Å². The Morgan fingerprint density at radius 2 is 1.83 bits per heavy atom. The van der Waals surface area contributed by atoms with E-state index in [1.165, 1.54) is 6.07 Å². The molecule has 2 aromatic carbocycles. The minimum atomic E-state index is -0.529. The molecular formula is C16H13BrCl2O4. The number of benzene rings is 2. The van der Waals surface area contributed by atoms with Crippen molar-refractivity contribution in [3.05, 3.63) is 56.5 Å². The molecule has 4 nitrogen and oxygen atoms in total. The normalized spacial score (nSPS) is 10.4. The molecule has 0 aliphatic carbocycles. The molecule has 0 bridgehead atoms. The summed E-state index contributed by atoms with van der Waals surface area (Å²) in [7, 11) is 1.60. The van der Waals surface area contributed by atoms with Gasteiger partial charge in [0, 0.05) is 12.1 Å². The van der Waals surface area contributed by atoms with Crippen LogP contribution >= 0.6 is 39.1 Å². The minimum absolute atomic E-state index is 0.248. The van der Waals surface area contributed by atoms with Gasteiger partial charge in [-0.15, -0.1) is 0 Å². The quantitative estimate of drug-likeness (QED) is 0.375. The Morgan fingerprint density at radius 1 is 1.09 bits per heavy atom. The molecule has 0 aliphatic heterocycles. The number of carbonyl (C=O) groups excluding carboxylic acids is 1. The zero-order chi connectivity index (χ0) is 16.8. The standard InChI is InChI=1S/C16H13BrCl2O4/c1-21-6-7-22-14-4-2-10(8-12(14)17)16(20)23-15-5-3-11(18)9-13(15)19/h2-5,8-9H,6-7H2,1H3. The molecule has 0 radical (unpaired) electrons. The van der Waals surface area contributed by atoms with E-state index in [1.807, 2.05) is 0 Å². The van der Waals surface area contributed by atoms with Crippen molar-refractivity contribution >= 4 is 45.1 Å². The molecule has 0 heterocycles. The molecule has 0 saturated heterocycles. The fourth-order valence-electron chi connectivity index (χ4n) is 1.70. The predicted octanol–water partition coefficient (Wildman–Crippen LogP) is 5.00. The summed E-state index contributed by atoms with van der Waals surface area (Å²) in [5.74, 6) is 0.332. The zero-order valence-corrected chi connectivity index (χ0v) is 15.2. The van der Waals surface area contributed by atoms with Gasteiger partial charge in [0.1, 0.15) is 18.1 Å². The van der Waals surface area contributed by atoms with Crippen molar-refractivity contribution < 1.29 is 19.0 Å². The monoisotopic (exact) mass is 418 g/mol. The van der Waals surface area contributed by atoms with E-state index in [2.05, 4.69) is 15.9 Å². The van der Waals surface area contributed by atoms with Crippen LogP contribution in [0.4, 0.5) is 0 Å². The molecule has 0 saturated carbocycles. The summed E-state index contributed by atoms with van der Waals surface area (Å²) < 4.78 is 16.3. The lowest BCUT2D eigenvalue weighted by molar-refractivity contribution is 0.0734. The molecule has 0 N–H and O–H groups in total. The Kier molecular flexibility index (Phi) is 6.72. The van der Waals surface area contributed by atoms with Crippen LogP contribution in [0.2, 0.25) is 10.0 Å².